The van der Waals surface area contributed by atoms with Crippen LogP contribution in [0.3, 0.4) is 0 Å². The number of aliphatic carboxylic acids is 1. The van der Waals surface area contributed by atoms with E-state index < -0.39 is 5.97 Å². The van der Waals surface area contributed by atoms with E-state index >= 15 is 0 Å². The predicted octanol–water partition coefficient (Wildman–Crippen LogP) is 2.90. The average molecular weight is 204 g/mol. The van der Waals surface area contributed by atoms with Gasteiger partial charge in [0.05, 0.1) is 0 Å². The molecule has 1 aromatic carbocycles. The van der Waals surface area contributed by atoms with Gasteiger partial charge < -0.3 is 5.11 Å². The molecule has 0 aromatic heterocycles. The van der Waals surface area contributed by atoms with Crippen LogP contribution in [-0.2, 0) is 11.2 Å². The second kappa shape index (κ2) is 5.35. The van der Waals surface area contributed by atoms with Crippen molar-refractivity contribution in [2.45, 2.75) is 20.3 Å². The number of carboxylic acid groups (broad SMARTS) is 1. The lowest BCUT2D eigenvalue weighted by Gasteiger charge is -2.06. The van der Waals surface area contributed by atoms with Gasteiger partial charge in [0.1, 0.15) is 0 Å². The largest absolute Gasteiger partial charge is 0.478 e. The van der Waals surface area contributed by atoms with Gasteiger partial charge in [0.15, 0.2) is 0 Å². The van der Waals surface area contributed by atoms with Crippen molar-refractivity contribution in [1.29, 1.82) is 0 Å². The van der Waals surface area contributed by atoms with E-state index in [0.29, 0.717) is 5.57 Å². The van der Waals surface area contributed by atoms with E-state index in [1.165, 1.54) is 5.56 Å². The van der Waals surface area contributed by atoms with Crippen molar-refractivity contribution < 1.29 is 9.90 Å². The number of allylic oxidation sites excluding steroid dienone is 1. The van der Waals surface area contributed by atoms with Crippen LogP contribution >= 0.6 is 0 Å². The highest BCUT2D eigenvalue weighted by Gasteiger charge is 2.04. The molecule has 0 heterocycles. The minimum atomic E-state index is -0.838. The maximum atomic E-state index is 10.6. The molecule has 1 rings (SSSR count). The van der Waals surface area contributed by atoms with E-state index in [2.05, 4.69) is 12.1 Å². The minimum Gasteiger partial charge on any atom is -0.478 e. The van der Waals surface area contributed by atoms with Gasteiger partial charge in [-0.15, -0.1) is 0 Å². The predicted molar refractivity (Wildman–Crippen MR) is 60.7 cm³/mol. The molecule has 1 atom stereocenters. The van der Waals surface area contributed by atoms with Crippen molar-refractivity contribution in [3.05, 3.63) is 47.5 Å². The number of carboxylic acids is 1. The molecular weight excluding hydrogens is 188 g/mol. The summed E-state index contributed by atoms with van der Waals surface area (Å²) >= 11 is 0. The van der Waals surface area contributed by atoms with Crippen molar-refractivity contribution in [1.82, 2.24) is 0 Å². The van der Waals surface area contributed by atoms with E-state index in [0.717, 1.165) is 6.42 Å². The van der Waals surface area contributed by atoms with E-state index in [1.54, 1.807) is 13.0 Å². The first kappa shape index (κ1) is 11.5. The van der Waals surface area contributed by atoms with Crippen LogP contribution in [0.25, 0.3) is 0 Å². The fraction of sp³-hybridized carbons (Fsp3) is 0.308. The summed E-state index contributed by atoms with van der Waals surface area (Å²) in [5.74, 6) is -0.585. The zero-order chi connectivity index (χ0) is 11.3. The Bertz CT molecular complexity index is 352. The molecule has 0 fully saturated rings. The van der Waals surface area contributed by atoms with Gasteiger partial charge in [0.25, 0.3) is 0 Å². The van der Waals surface area contributed by atoms with Crippen molar-refractivity contribution in [3.8, 4) is 0 Å². The van der Waals surface area contributed by atoms with E-state index in [-0.39, 0.29) is 5.92 Å². The van der Waals surface area contributed by atoms with Crippen LogP contribution in [0, 0.1) is 5.92 Å². The van der Waals surface area contributed by atoms with E-state index in [4.69, 9.17) is 5.11 Å². The normalized spacial score (nSPS) is 13.6. The number of rotatable bonds is 4. The lowest BCUT2D eigenvalue weighted by molar-refractivity contribution is -0.132. The molecule has 0 bridgehead atoms. The lowest BCUT2D eigenvalue weighted by Crippen LogP contribution is -2.02. The molecule has 0 saturated heterocycles. The average Bonchev–Trinajstić information content (AvgIpc) is 2.18. The maximum Gasteiger partial charge on any atom is 0.330 e. The quantitative estimate of drug-likeness (QED) is 0.766. The summed E-state index contributed by atoms with van der Waals surface area (Å²) in [6.07, 6.45) is 2.68. The van der Waals surface area contributed by atoms with Gasteiger partial charge in [0, 0.05) is 5.57 Å². The van der Waals surface area contributed by atoms with Crippen molar-refractivity contribution >= 4 is 5.97 Å². The Hall–Kier alpha value is -1.57. The molecule has 1 aromatic rings. The number of hydrogen-bond acceptors (Lipinski definition) is 1. The molecule has 0 saturated carbocycles. The van der Waals surface area contributed by atoms with Crippen molar-refractivity contribution in [2.75, 3.05) is 0 Å². The Balaban J connectivity index is 2.61. The SMILES string of the molecule is CC(=CC(C)Cc1ccccc1)C(=O)O. The molecule has 0 aliphatic rings. The molecule has 1 N–H and O–H groups in total. The second-order valence-electron chi connectivity index (χ2n) is 3.82. The summed E-state index contributed by atoms with van der Waals surface area (Å²) in [5, 5.41) is 8.73. The number of hydrogen-bond donors (Lipinski definition) is 1. The summed E-state index contributed by atoms with van der Waals surface area (Å²) in [5.41, 5.74) is 1.65. The summed E-state index contributed by atoms with van der Waals surface area (Å²) < 4.78 is 0. The van der Waals surface area contributed by atoms with E-state index in [9.17, 15) is 4.79 Å². The Morgan fingerprint density at radius 3 is 2.53 bits per heavy atom. The fourth-order valence-electron chi connectivity index (χ4n) is 1.54. The minimum absolute atomic E-state index is 0.253. The molecule has 0 aliphatic heterocycles. The van der Waals surface area contributed by atoms with Crippen LogP contribution in [-0.4, -0.2) is 11.1 Å². The van der Waals surface area contributed by atoms with Gasteiger partial charge in [-0.05, 0) is 24.8 Å². The first-order valence-corrected chi connectivity index (χ1v) is 5.05. The molecular formula is C13H16O2. The van der Waals surface area contributed by atoms with Crippen LogP contribution in [0.5, 0.6) is 0 Å². The standard InChI is InChI=1S/C13H16O2/c1-10(8-11(2)13(14)15)9-12-6-4-3-5-7-12/h3-8,10H,9H2,1-2H3,(H,14,15). The first-order chi connectivity index (χ1) is 7.09. The van der Waals surface area contributed by atoms with Crippen LogP contribution in [0.4, 0.5) is 0 Å². The molecule has 2 heteroatoms. The Kier molecular flexibility index (Phi) is 4.10. The third kappa shape index (κ3) is 3.98. The van der Waals surface area contributed by atoms with Gasteiger partial charge in [0.2, 0.25) is 0 Å². The number of carbonyl (C=O) groups is 1. The zero-order valence-corrected chi connectivity index (χ0v) is 9.10. The van der Waals surface area contributed by atoms with Crippen LogP contribution < -0.4 is 0 Å². The third-order valence-corrected chi connectivity index (χ3v) is 2.27. The summed E-state index contributed by atoms with van der Waals surface area (Å²) in [4.78, 5) is 10.6. The second-order valence-corrected chi connectivity index (χ2v) is 3.82. The zero-order valence-electron chi connectivity index (χ0n) is 9.10. The van der Waals surface area contributed by atoms with Crippen molar-refractivity contribution in [3.63, 3.8) is 0 Å². The lowest BCUT2D eigenvalue weighted by atomic mass is 9.99. The summed E-state index contributed by atoms with van der Waals surface area (Å²) in [7, 11) is 0. The molecule has 0 radical (unpaired) electrons. The summed E-state index contributed by atoms with van der Waals surface area (Å²) in [6, 6.07) is 10.1. The van der Waals surface area contributed by atoms with Crippen molar-refractivity contribution in [2.24, 2.45) is 5.92 Å². The van der Waals surface area contributed by atoms with Gasteiger partial charge in [-0.25, -0.2) is 4.79 Å². The topological polar surface area (TPSA) is 37.3 Å². The highest BCUT2D eigenvalue weighted by Crippen LogP contribution is 2.11. The molecule has 80 valence electrons. The third-order valence-electron chi connectivity index (χ3n) is 2.27. The van der Waals surface area contributed by atoms with Crippen LogP contribution in [0.2, 0.25) is 0 Å². The van der Waals surface area contributed by atoms with Gasteiger partial charge in [-0.1, -0.05) is 43.3 Å². The Labute approximate surface area is 90.3 Å². The first-order valence-electron chi connectivity index (χ1n) is 5.05. The Morgan fingerprint density at radius 2 is 2.00 bits per heavy atom. The van der Waals surface area contributed by atoms with E-state index in [1.807, 2.05) is 25.1 Å². The molecule has 2 nitrogen and oxygen atoms in total. The van der Waals surface area contributed by atoms with Gasteiger partial charge >= 0.3 is 5.97 Å². The smallest absolute Gasteiger partial charge is 0.330 e. The fourth-order valence-corrected chi connectivity index (χ4v) is 1.54. The molecule has 0 amide bonds. The molecule has 1 unspecified atom stereocenters. The monoisotopic (exact) mass is 204 g/mol. The number of benzene rings is 1. The van der Waals surface area contributed by atoms with Crippen LogP contribution in [0.15, 0.2) is 42.0 Å². The van der Waals surface area contributed by atoms with Gasteiger partial charge in [-0.3, -0.25) is 0 Å². The highest BCUT2D eigenvalue weighted by molar-refractivity contribution is 5.85. The molecule has 15 heavy (non-hydrogen) atoms. The summed E-state index contributed by atoms with van der Waals surface area (Å²) in [6.45, 7) is 3.66. The van der Waals surface area contributed by atoms with Crippen LogP contribution in [0.1, 0.15) is 19.4 Å². The Morgan fingerprint density at radius 1 is 1.40 bits per heavy atom. The molecule has 0 spiro atoms. The van der Waals surface area contributed by atoms with Gasteiger partial charge in [-0.2, -0.15) is 0 Å². The highest BCUT2D eigenvalue weighted by atomic mass is 16.4. The maximum absolute atomic E-state index is 10.6. The molecule has 0 aliphatic carbocycles.